The Kier molecular flexibility index (Phi) is 5.80. The first-order chi connectivity index (χ1) is 15.6. The second-order valence-corrected chi connectivity index (χ2v) is 9.21. The number of benzene rings is 1. The monoisotopic (exact) mass is 452 g/mol. The maximum atomic E-state index is 13.2. The molecule has 1 aliphatic heterocycles. The number of nitrogens with one attached hydrogen (secondary N) is 1. The molecule has 32 heavy (non-hydrogen) atoms. The SMILES string of the molecule is Cc1nn(Cc2ccc(F)cc2)c2sc(C(=O)NCC(c3ccco3)N3CCCC3)cc12. The van der Waals surface area contributed by atoms with Gasteiger partial charge in [-0.3, -0.25) is 14.4 Å². The van der Waals surface area contributed by atoms with Gasteiger partial charge in [0.05, 0.1) is 29.4 Å². The molecule has 8 heteroatoms. The minimum atomic E-state index is -0.257. The van der Waals surface area contributed by atoms with Gasteiger partial charge in [0.25, 0.3) is 5.91 Å². The lowest BCUT2D eigenvalue weighted by atomic mass is 10.2. The lowest BCUT2D eigenvalue weighted by Gasteiger charge is -2.25. The molecular formula is C24H25FN4O2S. The van der Waals surface area contributed by atoms with Crippen LogP contribution in [0, 0.1) is 12.7 Å². The number of likely N-dealkylation sites (tertiary alicyclic amines) is 1. The van der Waals surface area contributed by atoms with Crippen LogP contribution in [0.5, 0.6) is 0 Å². The zero-order chi connectivity index (χ0) is 22.1. The molecule has 0 saturated carbocycles. The average Bonchev–Trinajstić information content (AvgIpc) is 3.58. The molecule has 0 aliphatic carbocycles. The summed E-state index contributed by atoms with van der Waals surface area (Å²) >= 11 is 1.43. The van der Waals surface area contributed by atoms with Crippen molar-refractivity contribution in [3.63, 3.8) is 0 Å². The van der Waals surface area contributed by atoms with Gasteiger partial charge in [-0.15, -0.1) is 11.3 Å². The van der Waals surface area contributed by atoms with E-state index in [0.717, 1.165) is 40.3 Å². The van der Waals surface area contributed by atoms with Crippen LogP contribution in [0.3, 0.4) is 0 Å². The van der Waals surface area contributed by atoms with E-state index in [9.17, 15) is 9.18 Å². The first kappa shape index (κ1) is 20.9. The van der Waals surface area contributed by atoms with E-state index in [4.69, 9.17) is 4.42 Å². The van der Waals surface area contributed by atoms with Gasteiger partial charge in [-0.2, -0.15) is 5.10 Å². The molecule has 4 heterocycles. The number of aromatic nitrogens is 2. The average molecular weight is 453 g/mol. The van der Waals surface area contributed by atoms with Gasteiger partial charge in [0.1, 0.15) is 16.4 Å². The highest BCUT2D eigenvalue weighted by atomic mass is 32.1. The van der Waals surface area contributed by atoms with Gasteiger partial charge in [0.15, 0.2) is 0 Å². The van der Waals surface area contributed by atoms with Crippen molar-refractivity contribution in [2.24, 2.45) is 0 Å². The van der Waals surface area contributed by atoms with E-state index in [1.807, 2.05) is 29.8 Å². The highest BCUT2D eigenvalue weighted by molar-refractivity contribution is 7.20. The van der Waals surface area contributed by atoms with Gasteiger partial charge in [-0.05, 0) is 68.8 Å². The Morgan fingerprint density at radius 1 is 1.25 bits per heavy atom. The maximum absolute atomic E-state index is 13.2. The summed E-state index contributed by atoms with van der Waals surface area (Å²) in [7, 11) is 0. The standard InChI is InChI=1S/C24H25FN4O2S/c1-16-19-13-22(32-24(19)29(27-16)15-17-6-8-18(25)9-7-17)23(30)26-14-20(21-5-4-12-31-21)28-10-2-3-11-28/h4-9,12-13,20H,2-3,10-11,14-15H2,1H3,(H,26,30). The summed E-state index contributed by atoms with van der Waals surface area (Å²) in [5.41, 5.74) is 1.84. The predicted molar refractivity (Wildman–Crippen MR) is 122 cm³/mol. The molecule has 1 atom stereocenters. The van der Waals surface area contributed by atoms with E-state index in [2.05, 4.69) is 15.3 Å². The van der Waals surface area contributed by atoms with E-state index in [1.165, 1.54) is 36.3 Å². The van der Waals surface area contributed by atoms with Crippen LogP contribution in [0.2, 0.25) is 0 Å². The third-order valence-electron chi connectivity index (χ3n) is 5.99. The molecule has 166 valence electrons. The number of rotatable bonds is 7. The Labute approximate surface area is 189 Å². The minimum Gasteiger partial charge on any atom is -0.468 e. The molecule has 1 N–H and O–H groups in total. The number of thiophene rings is 1. The number of nitrogens with zero attached hydrogens (tertiary/aromatic N) is 3. The van der Waals surface area contributed by atoms with Gasteiger partial charge in [0, 0.05) is 11.9 Å². The Balaban J connectivity index is 1.32. The van der Waals surface area contributed by atoms with Crippen molar-refractivity contribution >= 4 is 27.5 Å². The van der Waals surface area contributed by atoms with Gasteiger partial charge in [0.2, 0.25) is 0 Å². The molecule has 1 fully saturated rings. The number of fused-ring (bicyclic) bond motifs is 1. The molecule has 1 unspecified atom stereocenters. The van der Waals surface area contributed by atoms with Crippen molar-refractivity contribution in [3.05, 3.63) is 76.4 Å². The molecule has 1 aliphatic rings. The number of hydrogen-bond acceptors (Lipinski definition) is 5. The quantitative estimate of drug-likeness (QED) is 0.439. The van der Waals surface area contributed by atoms with Gasteiger partial charge >= 0.3 is 0 Å². The normalized spacial score (nSPS) is 15.4. The molecule has 4 aromatic rings. The molecule has 0 spiro atoms. The summed E-state index contributed by atoms with van der Waals surface area (Å²) in [5.74, 6) is 0.538. The number of aryl methyl sites for hydroxylation is 1. The van der Waals surface area contributed by atoms with Crippen LogP contribution in [0.1, 0.15) is 45.6 Å². The van der Waals surface area contributed by atoms with Crippen LogP contribution in [-0.4, -0.2) is 40.2 Å². The summed E-state index contributed by atoms with van der Waals surface area (Å²) in [6.07, 6.45) is 4.03. The van der Waals surface area contributed by atoms with E-state index in [-0.39, 0.29) is 17.8 Å². The Morgan fingerprint density at radius 2 is 2.03 bits per heavy atom. The molecule has 0 radical (unpaired) electrons. The van der Waals surface area contributed by atoms with Crippen molar-refractivity contribution < 1.29 is 13.6 Å². The highest BCUT2D eigenvalue weighted by Crippen LogP contribution is 2.30. The van der Waals surface area contributed by atoms with E-state index in [0.29, 0.717) is 18.0 Å². The van der Waals surface area contributed by atoms with Crippen molar-refractivity contribution in [1.29, 1.82) is 0 Å². The summed E-state index contributed by atoms with van der Waals surface area (Å²) < 4.78 is 20.8. The van der Waals surface area contributed by atoms with Crippen LogP contribution in [0.4, 0.5) is 4.39 Å². The summed E-state index contributed by atoms with van der Waals surface area (Å²) in [4.78, 5) is 17.0. The van der Waals surface area contributed by atoms with Crippen LogP contribution >= 0.6 is 11.3 Å². The van der Waals surface area contributed by atoms with Crippen LogP contribution in [0.25, 0.3) is 10.2 Å². The van der Waals surface area contributed by atoms with Gasteiger partial charge in [-0.1, -0.05) is 12.1 Å². The summed E-state index contributed by atoms with van der Waals surface area (Å²) in [5, 5.41) is 8.70. The molecule has 1 amide bonds. The zero-order valence-corrected chi connectivity index (χ0v) is 18.7. The maximum Gasteiger partial charge on any atom is 0.261 e. The first-order valence-corrected chi connectivity index (χ1v) is 11.7. The topological polar surface area (TPSA) is 63.3 Å². The van der Waals surface area contributed by atoms with Gasteiger partial charge in [-0.25, -0.2) is 4.39 Å². The number of furan rings is 1. The van der Waals surface area contributed by atoms with Crippen LogP contribution in [-0.2, 0) is 6.54 Å². The third kappa shape index (κ3) is 4.20. The Bertz CT molecular complexity index is 1210. The van der Waals surface area contributed by atoms with Crippen molar-refractivity contribution in [2.75, 3.05) is 19.6 Å². The second kappa shape index (κ2) is 8.88. The molecular weight excluding hydrogens is 427 g/mol. The van der Waals surface area contributed by atoms with Crippen LogP contribution < -0.4 is 5.32 Å². The fourth-order valence-electron chi connectivity index (χ4n) is 4.31. The number of hydrogen-bond donors (Lipinski definition) is 1. The first-order valence-electron chi connectivity index (χ1n) is 10.9. The molecule has 6 nitrogen and oxygen atoms in total. The fourth-order valence-corrected chi connectivity index (χ4v) is 5.39. The lowest BCUT2D eigenvalue weighted by Crippen LogP contribution is -2.36. The fraction of sp³-hybridized carbons (Fsp3) is 0.333. The summed E-state index contributed by atoms with van der Waals surface area (Å²) in [6, 6.07) is 12.2. The lowest BCUT2D eigenvalue weighted by molar-refractivity contribution is 0.0938. The van der Waals surface area contributed by atoms with Gasteiger partial charge < -0.3 is 9.73 Å². The smallest absolute Gasteiger partial charge is 0.261 e. The zero-order valence-electron chi connectivity index (χ0n) is 17.9. The number of carbonyl (C=O) groups is 1. The Hall–Kier alpha value is -2.97. The van der Waals surface area contributed by atoms with Crippen molar-refractivity contribution in [2.45, 2.75) is 32.4 Å². The molecule has 1 saturated heterocycles. The van der Waals surface area contributed by atoms with E-state index in [1.54, 1.807) is 18.4 Å². The molecule has 5 rings (SSSR count). The van der Waals surface area contributed by atoms with Crippen molar-refractivity contribution in [3.8, 4) is 0 Å². The second-order valence-electron chi connectivity index (χ2n) is 8.18. The number of carbonyl (C=O) groups excluding carboxylic acids is 1. The molecule has 0 bridgehead atoms. The Morgan fingerprint density at radius 3 is 2.75 bits per heavy atom. The predicted octanol–water partition coefficient (Wildman–Crippen LogP) is 4.75. The largest absolute Gasteiger partial charge is 0.468 e. The van der Waals surface area contributed by atoms with E-state index < -0.39 is 0 Å². The van der Waals surface area contributed by atoms with Crippen molar-refractivity contribution in [1.82, 2.24) is 20.0 Å². The molecule has 3 aromatic heterocycles. The highest BCUT2D eigenvalue weighted by Gasteiger charge is 2.26. The number of halogens is 1. The van der Waals surface area contributed by atoms with E-state index >= 15 is 0 Å². The molecule has 1 aromatic carbocycles. The van der Waals surface area contributed by atoms with Crippen LogP contribution in [0.15, 0.2) is 53.1 Å². The minimum absolute atomic E-state index is 0.0431. The number of amides is 1. The summed E-state index contributed by atoms with van der Waals surface area (Å²) in [6.45, 7) is 5.01. The third-order valence-corrected chi connectivity index (χ3v) is 7.13.